The van der Waals surface area contributed by atoms with E-state index in [-0.39, 0.29) is 20.1 Å². The molecule has 22 heavy (non-hydrogen) atoms. The number of rotatable bonds is 0. The van der Waals surface area contributed by atoms with E-state index in [2.05, 4.69) is 48.6 Å². The summed E-state index contributed by atoms with van der Waals surface area (Å²) >= 11 is 0. The van der Waals surface area contributed by atoms with Crippen molar-refractivity contribution in [3.63, 3.8) is 0 Å². The minimum atomic E-state index is -6.00. The van der Waals surface area contributed by atoms with E-state index in [9.17, 15) is 17.3 Å². The number of allylic oxidation sites excluding steroid dienone is 8. The molecule has 2 aliphatic rings. The number of hydrogen-bond acceptors (Lipinski definition) is 0. The first-order valence-electron chi connectivity index (χ1n) is 7.47. The van der Waals surface area contributed by atoms with Gasteiger partial charge in [0, 0.05) is 20.1 Å². The molecular weight excluding hydrogens is 471 g/mol. The van der Waals surface area contributed by atoms with E-state index in [0.717, 1.165) is 0 Å². The van der Waals surface area contributed by atoms with Gasteiger partial charge in [0.1, 0.15) is 0 Å². The first-order chi connectivity index (χ1) is 10.0. The van der Waals surface area contributed by atoms with Crippen LogP contribution in [0.15, 0.2) is 48.6 Å². The average Bonchev–Trinajstić information content (AvgIpc) is 2.24. The molecule has 1 radical (unpaired) electrons. The third-order valence-electron chi connectivity index (χ3n) is 2.67. The Morgan fingerprint density at radius 3 is 0.591 bits per heavy atom. The van der Waals surface area contributed by atoms with Gasteiger partial charge in [-0.2, -0.15) is 0 Å². The standard InChI is InChI=1S/2C8H12.BF4.Ir/c2*1-2-4-6-8-7-5-3-1;2-1(3,4)5;/h2*1-2,7-8H,3-6H2;;/q;;-1;. The molecule has 0 aromatic carbocycles. The van der Waals surface area contributed by atoms with Gasteiger partial charge >= 0.3 is 7.25 Å². The monoisotopic (exact) mass is 496 g/mol. The second-order valence-electron chi connectivity index (χ2n) is 4.69. The molecule has 0 saturated carbocycles. The molecule has 0 saturated heterocycles. The molecule has 6 heteroatoms. The Bertz CT molecular complexity index is 261. The van der Waals surface area contributed by atoms with Gasteiger partial charge in [0.25, 0.3) is 0 Å². The van der Waals surface area contributed by atoms with Gasteiger partial charge in [-0.25, -0.2) is 0 Å². The molecule has 0 aromatic rings. The Balaban J connectivity index is 0. The molecule has 0 unspecified atom stereocenters. The van der Waals surface area contributed by atoms with Crippen molar-refractivity contribution in [3.05, 3.63) is 48.6 Å². The summed E-state index contributed by atoms with van der Waals surface area (Å²) in [7, 11) is -6.00. The maximum Gasteiger partial charge on any atom is 0.673 e. The zero-order valence-corrected chi connectivity index (χ0v) is 15.1. The molecule has 0 nitrogen and oxygen atoms in total. The molecule has 0 aliphatic heterocycles. The largest absolute Gasteiger partial charge is 0.673 e. The normalized spacial score (nSPS) is 17.3. The molecule has 0 heterocycles. The number of halogens is 4. The van der Waals surface area contributed by atoms with E-state index < -0.39 is 7.25 Å². The van der Waals surface area contributed by atoms with Crippen molar-refractivity contribution in [1.82, 2.24) is 0 Å². The third kappa shape index (κ3) is 27.7. The molecule has 0 amide bonds. The molecule has 0 fully saturated rings. The van der Waals surface area contributed by atoms with Crippen LogP contribution in [0.4, 0.5) is 17.3 Å². The van der Waals surface area contributed by atoms with E-state index >= 15 is 0 Å². The predicted molar refractivity (Wildman–Crippen MR) is 83.7 cm³/mol. The van der Waals surface area contributed by atoms with E-state index in [4.69, 9.17) is 0 Å². The van der Waals surface area contributed by atoms with Gasteiger partial charge in [0.2, 0.25) is 0 Å². The summed E-state index contributed by atoms with van der Waals surface area (Å²) in [5.74, 6) is 0. The fraction of sp³-hybridized carbons (Fsp3) is 0.500. The Morgan fingerprint density at radius 2 is 0.500 bits per heavy atom. The van der Waals surface area contributed by atoms with Gasteiger partial charge < -0.3 is 17.3 Å². The summed E-state index contributed by atoms with van der Waals surface area (Å²) in [4.78, 5) is 0. The average molecular weight is 495 g/mol. The van der Waals surface area contributed by atoms with E-state index in [1.165, 1.54) is 51.4 Å². The van der Waals surface area contributed by atoms with Crippen molar-refractivity contribution in [1.29, 1.82) is 0 Å². The van der Waals surface area contributed by atoms with Gasteiger partial charge in [-0.05, 0) is 51.4 Å². The van der Waals surface area contributed by atoms with Gasteiger partial charge in [-0.1, -0.05) is 48.6 Å². The van der Waals surface area contributed by atoms with E-state index in [1.807, 2.05) is 0 Å². The topological polar surface area (TPSA) is 0 Å². The van der Waals surface area contributed by atoms with Crippen LogP contribution in [-0.2, 0) is 20.1 Å². The van der Waals surface area contributed by atoms with Crippen LogP contribution in [-0.4, -0.2) is 7.25 Å². The van der Waals surface area contributed by atoms with Crippen molar-refractivity contribution in [2.75, 3.05) is 0 Å². The summed E-state index contributed by atoms with van der Waals surface area (Å²) in [5.41, 5.74) is 0. The first-order valence-corrected chi connectivity index (χ1v) is 7.47. The Hall–Kier alpha value is -0.606. The second kappa shape index (κ2) is 16.8. The van der Waals surface area contributed by atoms with Gasteiger partial charge in [0.15, 0.2) is 0 Å². The van der Waals surface area contributed by atoms with Crippen LogP contribution in [0.5, 0.6) is 0 Å². The quantitative estimate of drug-likeness (QED) is 0.201. The van der Waals surface area contributed by atoms with Gasteiger partial charge in [0.05, 0.1) is 0 Å². The number of hydrogen-bond donors (Lipinski definition) is 0. The summed E-state index contributed by atoms with van der Waals surface area (Å²) in [5, 5.41) is 0. The summed E-state index contributed by atoms with van der Waals surface area (Å²) in [6, 6.07) is 0. The van der Waals surface area contributed by atoms with Crippen LogP contribution in [0.3, 0.4) is 0 Å². The predicted octanol–water partition coefficient (Wildman–Crippen LogP) is 6.64. The van der Waals surface area contributed by atoms with Crippen LogP contribution in [0.1, 0.15) is 51.4 Å². The molecule has 129 valence electrons. The molecule has 0 N–H and O–H groups in total. The second-order valence-corrected chi connectivity index (χ2v) is 4.69. The van der Waals surface area contributed by atoms with Crippen LogP contribution in [0, 0.1) is 0 Å². The van der Waals surface area contributed by atoms with Gasteiger partial charge in [-0.3, -0.25) is 0 Å². The third-order valence-corrected chi connectivity index (χ3v) is 2.67. The Morgan fingerprint density at radius 1 is 0.409 bits per heavy atom. The Kier molecular flexibility index (Phi) is 18.0. The van der Waals surface area contributed by atoms with Crippen LogP contribution < -0.4 is 0 Å². The van der Waals surface area contributed by atoms with Crippen molar-refractivity contribution < 1.29 is 37.4 Å². The molecule has 0 bridgehead atoms. The molecule has 2 rings (SSSR count). The Labute approximate surface area is 144 Å². The molecular formula is C16H24BF4Ir-. The summed E-state index contributed by atoms with van der Waals surface area (Å²) in [6.07, 6.45) is 28.0. The summed E-state index contributed by atoms with van der Waals surface area (Å²) in [6.45, 7) is 0. The minimum Gasteiger partial charge on any atom is -0.418 e. The van der Waals surface area contributed by atoms with Crippen molar-refractivity contribution in [2.45, 2.75) is 51.4 Å². The van der Waals surface area contributed by atoms with E-state index in [0.29, 0.717) is 0 Å². The maximum absolute atomic E-state index is 9.75. The first kappa shape index (κ1) is 23.7. The maximum atomic E-state index is 9.75. The SMILES string of the molecule is C1=CCCC=CCC1.C1=CCCC=CCC1.F[B-](F)(F)F.[Ir]. The van der Waals surface area contributed by atoms with Crippen molar-refractivity contribution in [3.8, 4) is 0 Å². The smallest absolute Gasteiger partial charge is 0.418 e. The van der Waals surface area contributed by atoms with E-state index in [1.54, 1.807) is 0 Å². The fourth-order valence-electron chi connectivity index (χ4n) is 1.71. The zero-order chi connectivity index (χ0) is 15.8. The molecule has 0 atom stereocenters. The van der Waals surface area contributed by atoms with Crippen molar-refractivity contribution >= 4 is 7.25 Å². The zero-order valence-electron chi connectivity index (χ0n) is 12.7. The fourth-order valence-corrected chi connectivity index (χ4v) is 1.71. The minimum absolute atomic E-state index is 0. The molecule has 0 spiro atoms. The van der Waals surface area contributed by atoms with Crippen LogP contribution in [0.2, 0.25) is 0 Å². The van der Waals surface area contributed by atoms with Crippen LogP contribution >= 0.6 is 0 Å². The molecule has 0 aromatic heterocycles. The van der Waals surface area contributed by atoms with Crippen molar-refractivity contribution in [2.24, 2.45) is 0 Å². The van der Waals surface area contributed by atoms with Crippen LogP contribution in [0.25, 0.3) is 0 Å². The van der Waals surface area contributed by atoms with Gasteiger partial charge in [-0.15, -0.1) is 0 Å². The molecule has 2 aliphatic carbocycles. The summed E-state index contributed by atoms with van der Waals surface area (Å²) < 4.78 is 39.0.